The third kappa shape index (κ3) is 3.16. The predicted octanol–water partition coefficient (Wildman–Crippen LogP) is 2.39. The lowest BCUT2D eigenvalue weighted by molar-refractivity contribution is 0.0243. The van der Waals surface area contributed by atoms with E-state index in [1.54, 1.807) is 18.5 Å². The van der Waals surface area contributed by atoms with Crippen LogP contribution in [0.25, 0.3) is 0 Å². The molecule has 2 fully saturated rings. The van der Waals surface area contributed by atoms with E-state index in [0.717, 1.165) is 31.0 Å². The molecule has 6 heteroatoms. The van der Waals surface area contributed by atoms with Crippen molar-refractivity contribution in [2.45, 2.75) is 23.9 Å². The van der Waals surface area contributed by atoms with Crippen LogP contribution in [-0.4, -0.2) is 50.5 Å². The average molecular weight is 341 g/mol. The topological polar surface area (TPSA) is 55.3 Å². The van der Waals surface area contributed by atoms with Gasteiger partial charge in [-0.1, -0.05) is 12.1 Å². The van der Waals surface area contributed by atoms with Gasteiger partial charge < -0.3 is 9.64 Å². The summed E-state index contributed by atoms with van der Waals surface area (Å²) in [5.41, 5.74) is 1.49. The molecule has 1 atom stereocenters. The maximum atomic E-state index is 12.4. The van der Waals surface area contributed by atoms with Crippen LogP contribution in [-0.2, 0) is 11.3 Å². The number of carbonyl (C=O) groups excluding carboxylic acids is 1. The van der Waals surface area contributed by atoms with E-state index in [-0.39, 0.29) is 16.8 Å². The number of carbonyl (C=O) groups is 1. The molecule has 0 radical (unpaired) electrons. The van der Waals surface area contributed by atoms with Crippen LogP contribution in [0.5, 0.6) is 0 Å². The molecule has 1 spiro atoms. The normalized spacial score (nSPS) is 21.7. The van der Waals surface area contributed by atoms with Crippen molar-refractivity contribution in [1.29, 1.82) is 0 Å². The van der Waals surface area contributed by atoms with Crippen LogP contribution in [0.1, 0.15) is 22.6 Å². The number of likely N-dealkylation sites (tertiary alicyclic amines) is 1. The minimum Gasteiger partial charge on any atom is -0.371 e. The first-order chi connectivity index (χ1) is 11.7. The smallest absolute Gasteiger partial charge is 0.272 e. The van der Waals surface area contributed by atoms with Crippen molar-refractivity contribution >= 4 is 17.7 Å². The van der Waals surface area contributed by atoms with E-state index < -0.39 is 0 Å². The largest absolute Gasteiger partial charge is 0.371 e. The van der Waals surface area contributed by atoms with E-state index in [4.69, 9.17) is 4.74 Å². The molecule has 124 valence electrons. The molecular formula is C18H19N3O2S. The summed E-state index contributed by atoms with van der Waals surface area (Å²) in [6.45, 7) is 2.13. The van der Waals surface area contributed by atoms with E-state index in [9.17, 15) is 4.79 Å². The van der Waals surface area contributed by atoms with Gasteiger partial charge in [-0.25, -0.2) is 0 Å². The van der Waals surface area contributed by atoms with Crippen molar-refractivity contribution in [2.24, 2.45) is 0 Å². The van der Waals surface area contributed by atoms with Gasteiger partial charge in [0.2, 0.25) is 0 Å². The maximum Gasteiger partial charge on any atom is 0.272 e. The fraction of sp³-hybridized carbons (Fsp3) is 0.389. The predicted molar refractivity (Wildman–Crippen MR) is 92.8 cm³/mol. The molecular weight excluding hydrogens is 322 g/mol. The fourth-order valence-corrected chi connectivity index (χ4v) is 4.81. The molecule has 4 rings (SSSR count). The third-order valence-corrected chi connectivity index (χ3v) is 6.07. The van der Waals surface area contributed by atoms with E-state index >= 15 is 0 Å². The number of hydrogen-bond donors (Lipinski definition) is 0. The Kier molecular flexibility index (Phi) is 4.24. The van der Waals surface area contributed by atoms with Crippen LogP contribution in [0.3, 0.4) is 0 Å². The molecule has 0 bridgehead atoms. The molecule has 0 saturated carbocycles. The molecule has 0 aromatic carbocycles. The minimum atomic E-state index is 0.0275. The molecule has 2 aliphatic rings. The first kappa shape index (κ1) is 15.6. The third-order valence-electron chi connectivity index (χ3n) is 4.50. The van der Waals surface area contributed by atoms with Crippen LogP contribution in [0.2, 0.25) is 0 Å². The standard InChI is InChI=1S/C18H19N3O2S/c22-17(16-6-2-4-8-20-16)21-12-18(13-21)9-15(11-24-18)23-10-14-5-1-3-7-19-14/h1-8,15H,9-13H2. The summed E-state index contributed by atoms with van der Waals surface area (Å²) < 4.78 is 6.17. The van der Waals surface area contributed by atoms with Crippen molar-refractivity contribution in [3.63, 3.8) is 0 Å². The molecule has 5 nitrogen and oxygen atoms in total. The van der Waals surface area contributed by atoms with Crippen molar-refractivity contribution < 1.29 is 9.53 Å². The Morgan fingerprint density at radius 3 is 2.71 bits per heavy atom. The number of nitrogens with zero attached hydrogens (tertiary/aromatic N) is 3. The van der Waals surface area contributed by atoms with Crippen molar-refractivity contribution in [3.8, 4) is 0 Å². The summed E-state index contributed by atoms with van der Waals surface area (Å²) in [6.07, 6.45) is 4.69. The second-order valence-electron chi connectivity index (χ2n) is 6.33. The summed E-state index contributed by atoms with van der Waals surface area (Å²) in [5, 5.41) is 0. The fourth-order valence-electron chi connectivity index (χ4n) is 3.26. The Morgan fingerprint density at radius 2 is 2.00 bits per heavy atom. The number of amides is 1. The van der Waals surface area contributed by atoms with Crippen molar-refractivity contribution in [2.75, 3.05) is 18.8 Å². The van der Waals surface area contributed by atoms with Gasteiger partial charge in [0.25, 0.3) is 5.91 Å². The molecule has 1 amide bonds. The Balaban J connectivity index is 1.28. The average Bonchev–Trinajstić information content (AvgIpc) is 3.04. The van der Waals surface area contributed by atoms with Crippen molar-refractivity contribution in [3.05, 3.63) is 60.2 Å². The lowest BCUT2D eigenvalue weighted by atomic mass is 9.92. The lowest BCUT2D eigenvalue weighted by Crippen LogP contribution is -2.60. The number of hydrogen-bond acceptors (Lipinski definition) is 5. The highest BCUT2D eigenvalue weighted by Gasteiger charge is 2.51. The molecule has 2 aromatic rings. The van der Waals surface area contributed by atoms with Crippen LogP contribution >= 0.6 is 11.8 Å². The summed E-state index contributed by atoms with van der Waals surface area (Å²) in [7, 11) is 0. The van der Waals surface area contributed by atoms with Gasteiger partial charge in [0.15, 0.2) is 0 Å². The quantitative estimate of drug-likeness (QED) is 0.855. The highest BCUT2D eigenvalue weighted by molar-refractivity contribution is 8.01. The summed E-state index contributed by atoms with van der Waals surface area (Å²) in [5.74, 6) is 1.01. The number of ether oxygens (including phenoxy) is 1. The molecule has 0 N–H and O–H groups in total. The zero-order chi connectivity index (χ0) is 16.4. The first-order valence-corrected chi connectivity index (χ1v) is 9.08. The molecule has 2 saturated heterocycles. The molecule has 2 aromatic heterocycles. The second-order valence-corrected chi connectivity index (χ2v) is 7.82. The molecule has 1 unspecified atom stereocenters. The Labute approximate surface area is 145 Å². The summed E-state index contributed by atoms with van der Waals surface area (Å²) >= 11 is 1.93. The van der Waals surface area contributed by atoms with Crippen LogP contribution in [0.15, 0.2) is 48.8 Å². The van der Waals surface area contributed by atoms with Crippen LogP contribution in [0, 0.1) is 0 Å². The highest BCUT2D eigenvalue weighted by atomic mass is 32.2. The number of rotatable bonds is 4. The Bertz CT molecular complexity index is 705. The summed E-state index contributed by atoms with van der Waals surface area (Å²) in [4.78, 5) is 22.7. The van der Waals surface area contributed by atoms with Gasteiger partial charge in [0.05, 0.1) is 23.2 Å². The van der Waals surface area contributed by atoms with Crippen LogP contribution in [0.4, 0.5) is 0 Å². The number of pyridine rings is 2. The van der Waals surface area contributed by atoms with Gasteiger partial charge in [0, 0.05) is 31.2 Å². The van der Waals surface area contributed by atoms with E-state index in [0.29, 0.717) is 12.3 Å². The van der Waals surface area contributed by atoms with Crippen molar-refractivity contribution in [1.82, 2.24) is 14.9 Å². The number of thioether (sulfide) groups is 1. The minimum absolute atomic E-state index is 0.0275. The zero-order valence-electron chi connectivity index (χ0n) is 13.3. The van der Waals surface area contributed by atoms with Crippen LogP contribution < -0.4 is 0 Å². The van der Waals surface area contributed by atoms with Gasteiger partial charge >= 0.3 is 0 Å². The van der Waals surface area contributed by atoms with E-state index in [1.165, 1.54) is 0 Å². The molecule has 0 aliphatic carbocycles. The second kappa shape index (κ2) is 6.53. The molecule has 24 heavy (non-hydrogen) atoms. The summed E-state index contributed by atoms with van der Waals surface area (Å²) in [6, 6.07) is 11.3. The molecule has 4 heterocycles. The Hall–Kier alpha value is -1.92. The monoisotopic (exact) mass is 341 g/mol. The zero-order valence-corrected chi connectivity index (χ0v) is 14.1. The van der Waals surface area contributed by atoms with E-state index in [2.05, 4.69) is 9.97 Å². The molecule has 2 aliphatic heterocycles. The van der Waals surface area contributed by atoms with Gasteiger partial charge in [-0.15, -0.1) is 11.8 Å². The van der Waals surface area contributed by atoms with Gasteiger partial charge in [0.1, 0.15) is 5.69 Å². The number of aromatic nitrogens is 2. The highest BCUT2D eigenvalue weighted by Crippen LogP contribution is 2.46. The SMILES string of the molecule is O=C(c1ccccn1)N1CC2(CC(OCc3ccccn3)CS2)C1. The van der Waals surface area contributed by atoms with E-state index in [1.807, 2.05) is 47.0 Å². The maximum absolute atomic E-state index is 12.4. The van der Waals surface area contributed by atoms with Gasteiger partial charge in [-0.2, -0.15) is 0 Å². The first-order valence-electron chi connectivity index (χ1n) is 8.10. The lowest BCUT2D eigenvalue weighted by Gasteiger charge is -2.47. The van der Waals surface area contributed by atoms with Gasteiger partial charge in [-0.05, 0) is 30.7 Å². The Morgan fingerprint density at radius 1 is 1.21 bits per heavy atom. The van der Waals surface area contributed by atoms with Gasteiger partial charge in [-0.3, -0.25) is 14.8 Å².